The van der Waals surface area contributed by atoms with E-state index in [1.807, 2.05) is 11.5 Å². The van der Waals surface area contributed by atoms with Gasteiger partial charge in [0.05, 0.1) is 0 Å². The SMILES string of the molecule is C=C=C=C(F)Cl. The lowest BCUT2D eigenvalue weighted by molar-refractivity contribution is 0.697. The largest absolute Gasteiger partial charge is 0.240 e. The first kappa shape index (κ1) is 5.52. The average Bonchev–Trinajstić information content (AvgIpc) is 1.35. The van der Waals surface area contributed by atoms with Crippen molar-refractivity contribution < 1.29 is 4.39 Å². The molecule has 0 unspecified atom stereocenters. The van der Waals surface area contributed by atoms with Gasteiger partial charge in [0.2, 0.25) is 5.29 Å². The van der Waals surface area contributed by atoms with E-state index in [0.717, 1.165) is 0 Å². The van der Waals surface area contributed by atoms with Crippen LogP contribution in [0.4, 0.5) is 4.39 Å². The molecule has 0 N–H and O–H groups in total. The molecule has 0 saturated carbocycles. The smallest absolute Gasteiger partial charge is 0.183 e. The summed E-state index contributed by atoms with van der Waals surface area (Å²) >= 11 is 4.61. The zero-order valence-corrected chi connectivity index (χ0v) is 3.72. The summed E-state index contributed by atoms with van der Waals surface area (Å²) in [4.78, 5) is 0. The van der Waals surface area contributed by atoms with Crippen LogP contribution in [0.2, 0.25) is 0 Å². The molecule has 0 atom stereocenters. The summed E-state index contributed by atoms with van der Waals surface area (Å²) in [5, 5.41) is -0.912. The summed E-state index contributed by atoms with van der Waals surface area (Å²) in [6.07, 6.45) is 0. The highest BCUT2D eigenvalue weighted by Crippen LogP contribution is 1.95. The Hall–Kier alpha value is -0.480. The molecular weight excluding hydrogens is 102 g/mol. The highest BCUT2D eigenvalue weighted by molar-refractivity contribution is 6.27. The maximum Gasteiger partial charge on any atom is 0.240 e. The molecule has 0 nitrogen and oxygen atoms in total. The van der Waals surface area contributed by atoms with Crippen molar-refractivity contribution in [1.29, 1.82) is 0 Å². The molecule has 0 spiro atoms. The predicted molar refractivity (Wildman–Crippen MR) is 23.1 cm³/mol. The van der Waals surface area contributed by atoms with Crippen molar-refractivity contribution in [3.05, 3.63) is 23.3 Å². The van der Waals surface area contributed by atoms with Gasteiger partial charge in [0.1, 0.15) is 0 Å². The van der Waals surface area contributed by atoms with Gasteiger partial charge >= 0.3 is 0 Å². The molecule has 0 aliphatic rings. The fourth-order valence-corrected chi connectivity index (χ4v) is 0.134. The van der Waals surface area contributed by atoms with Crippen LogP contribution in [0.15, 0.2) is 23.3 Å². The second-order valence-electron chi connectivity index (χ2n) is 0.562. The second-order valence-corrected chi connectivity index (χ2v) is 0.894. The molecular formula is C4H2ClF. The Labute approximate surface area is 40.2 Å². The first-order valence-electron chi connectivity index (χ1n) is 1.23. The third kappa shape index (κ3) is 3.52. The molecule has 6 heavy (non-hydrogen) atoms. The van der Waals surface area contributed by atoms with E-state index in [1.165, 1.54) is 0 Å². The van der Waals surface area contributed by atoms with Gasteiger partial charge in [0, 0.05) is 0 Å². The van der Waals surface area contributed by atoms with E-state index in [0.29, 0.717) is 0 Å². The highest BCUT2D eigenvalue weighted by Gasteiger charge is 1.70. The van der Waals surface area contributed by atoms with E-state index >= 15 is 0 Å². The van der Waals surface area contributed by atoms with Crippen LogP contribution in [0.1, 0.15) is 0 Å². The molecule has 0 radical (unpaired) electrons. The molecule has 0 heterocycles. The minimum atomic E-state index is -0.912. The van der Waals surface area contributed by atoms with Gasteiger partial charge in [-0.25, -0.2) is 0 Å². The van der Waals surface area contributed by atoms with E-state index in [4.69, 9.17) is 0 Å². The summed E-state index contributed by atoms with van der Waals surface area (Å²) in [7, 11) is 0. The Morgan fingerprint density at radius 1 is 1.83 bits per heavy atom. The van der Waals surface area contributed by atoms with Crippen LogP contribution in [-0.2, 0) is 0 Å². The molecule has 0 aliphatic heterocycles. The standard InChI is InChI=1S/C4H2ClF/c1-2-3-4(5)6/h1H2. The van der Waals surface area contributed by atoms with Gasteiger partial charge < -0.3 is 0 Å². The fourth-order valence-electron chi connectivity index (χ4n) is 0.0668. The molecule has 0 rings (SSSR count). The highest BCUT2D eigenvalue weighted by atomic mass is 35.5. The van der Waals surface area contributed by atoms with E-state index < -0.39 is 5.29 Å². The second kappa shape index (κ2) is 2.74. The van der Waals surface area contributed by atoms with Gasteiger partial charge in [0.15, 0.2) is 0 Å². The number of halogens is 2. The molecule has 0 aromatic carbocycles. The molecule has 0 saturated heterocycles. The lowest BCUT2D eigenvalue weighted by Crippen LogP contribution is -1.36. The average molecular weight is 105 g/mol. The van der Waals surface area contributed by atoms with Gasteiger partial charge in [-0.05, 0) is 23.9 Å². The molecule has 0 aromatic heterocycles. The predicted octanol–water partition coefficient (Wildman–Crippen LogP) is 1.98. The topological polar surface area (TPSA) is 0 Å². The maximum atomic E-state index is 11.2. The minimum absolute atomic E-state index is 0.912. The minimum Gasteiger partial charge on any atom is -0.183 e. The quantitative estimate of drug-likeness (QED) is 0.412. The van der Waals surface area contributed by atoms with Gasteiger partial charge in [0.25, 0.3) is 0 Å². The van der Waals surface area contributed by atoms with Gasteiger partial charge in [-0.1, -0.05) is 5.73 Å². The molecule has 0 aliphatic carbocycles. The molecule has 0 aromatic rings. The van der Waals surface area contributed by atoms with Gasteiger partial charge in [-0.2, -0.15) is 4.39 Å². The Morgan fingerprint density at radius 2 is 2.33 bits per heavy atom. The van der Waals surface area contributed by atoms with E-state index in [1.54, 1.807) is 0 Å². The summed E-state index contributed by atoms with van der Waals surface area (Å²) in [6.45, 7) is 3.02. The van der Waals surface area contributed by atoms with E-state index in [9.17, 15) is 4.39 Å². The first-order valence-corrected chi connectivity index (χ1v) is 1.61. The van der Waals surface area contributed by atoms with Crippen LogP contribution < -0.4 is 0 Å². The normalized spacial score (nSPS) is 5.67. The molecule has 32 valence electrons. The zero-order valence-electron chi connectivity index (χ0n) is 2.96. The van der Waals surface area contributed by atoms with Crippen LogP contribution >= 0.6 is 11.6 Å². The zero-order chi connectivity index (χ0) is 4.99. The summed E-state index contributed by atoms with van der Waals surface area (Å²) < 4.78 is 11.2. The molecule has 2 heteroatoms. The van der Waals surface area contributed by atoms with Crippen molar-refractivity contribution in [1.82, 2.24) is 0 Å². The fraction of sp³-hybridized carbons (Fsp3) is 0. The summed E-state index contributed by atoms with van der Waals surface area (Å²) in [5.74, 6) is 0. The van der Waals surface area contributed by atoms with Gasteiger partial charge in [-0.3, -0.25) is 0 Å². The molecule has 0 fully saturated rings. The van der Waals surface area contributed by atoms with E-state index in [-0.39, 0.29) is 0 Å². The monoisotopic (exact) mass is 104 g/mol. The number of hydrogen-bond acceptors (Lipinski definition) is 0. The lowest BCUT2D eigenvalue weighted by Gasteiger charge is -1.57. The maximum absolute atomic E-state index is 11.2. The Kier molecular flexibility index (Phi) is 2.52. The van der Waals surface area contributed by atoms with Crippen molar-refractivity contribution in [3.8, 4) is 0 Å². The van der Waals surface area contributed by atoms with E-state index in [2.05, 4.69) is 18.2 Å². The number of hydrogen-bond donors (Lipinski definition) is 0. The number of rotatable bonds is 0. The third-order valence-electron chi connectivity index (χ3n) is 0.183. The van der Waals surface area contributed by atoms with Crippen molar-refractivity contribution >= 4 is 11.6 Å². The summed E-state index contributed by atoms with van der Waals surface area (Å²) in [5.41, 5.74) is 3.89. The summed E-state index contributed by atoms with van der Waals surface area (Å²) in [6, 6.07) is 0. The van der Waals surface area contributed by atoms with Crippen LogP contribution in [0.5, 0.6) is 0 Å². The van der Waals surface area contributed by atoms with Crippen LogP contribution in [0, 0.1) is 0 Å². The molecule has 0 bridgehead atoms. The Morgan fingerprint density at radius 3 is 2.33 bits per heavy atom. The molecule has 0 amide bonds. The van der Waals surface area contributed by atoms with Gasteiger partial charge in [-0.15, -0.1) is 0 Å². The lowest BCUT2D eigenvalue weighted by atomic mass is 10.8. The van der Waals surface area contributed by atoms with Crippen molar-refractivity contribution in [2.75, 3.05) is 0 Å². The van der Waals surface area contributed by atoms with Crippen LogP contribution in [0.25, 0.3) is 0 Å². The first-order chi connectivity index (χ1) is 2.77. The van der Waals surface area contributed by atoms with Crippen molar-refractivity contribution in [2.45, 2.75) is 0 Å². The Bertz CT molecular complexity index is 112. The Balaban J connectivity index is 4.13. The van der Waals surface area contributed by atoms with Crippen LogP contribution in [0.3, 0.4) is 0 Å². The third-order valence-corrected chi connectivity index (χ3v) is 0.277. The van der Waals surface area contributed by atoms with Crippen molar-refractivity contribution in [2.24, 2.45) is 0 Å². The van der Waals surface area contributed by atoms with Crippen molar-refractivity contribution in [3.63, 3.8) is 0 Å². The van der Waals surface area contributed by atoms with Crippen LogP contribution in [-0.4, -0.2) is 0 Å².